The van der Waals surface area contributed by atoms with Gasteiger partial charge < -0.3 is 10.1 Å². The van der Waals surface area contributed by atoms with E-state index in [-0.39, 0.29) is 22.9 Å². The number of ether oxygens (including phenoxy) is 1. The molecule has 0 spiro atoms. The molecule has 2 rings (SSSR count). The van der Waals surface area contributed by atoms with Crippen LogP contribution in [0.5, 0.6) is 5.75 Å². The summed E-state index contributed by atoms with van der Waals surface area (Å²) in [5.41, 5.74) is 1.59. The molecule has 1 fully saturated rings. The Morgan fingerprint density at radius 1 is 1.23 bits per heavy atom. The maximum absolute atomic E-state index is 12.8. The Kier molecular flexibility index (Phi) is 6.65. The second-order valence-corrected chi connectivity index (χ2v) is 8.60. The largest absolute Gasteiger partial charge is 0.496 e. The van der Waals surface area contributed by atoms with Crippen molar-refractivity contribution in [3.05, 3.63) is 23.3 Å². The van der Waals surface area contributed by atoms with Crippen molar-refractivity contribution in [2.45, 2.75) is 50.1 Å². The Morgan fingerprint density at radius 3 is 2.50 bits per heavy atom. The Labute approximate surface area is 156 Å². The van der Waals surface area contributed by atoms with Gasteiger partial charge in [0.1, 0.15) is 5.75 Å². The number of benzene rings is 1. The zero-order valence-corrected chi connectivity index (χ0v) is 16.9. The van der Waals surface area contributed by atoms with Gasteiger partial charge in [-0.05, 0) is 44.9 Å². The fraction of sp³-hybridized carbons (Fsp3) is 0.611. The van der Waals surface area contributed by atoms with E-state index in [2.05, 4.69) is 14.9 Å². The molecule has 8 heteroatoms. The smallest absolute Gasteiger partial charge is 0.241 e. The second kappa shape index (κ2) is 8.37. The molecule has 1 saturated heterocycles. The average molecular weight is 384 g/mol. The molecule has 2 atom stereocenters. The zero-order valence-electron chi connectivity index (χ0n) is 16.1. The van der Waals surface area contributed by atoms with Crippen molar-refractivity contribution >= 4 is 15.9 Å². The molecule has 1 amide bonds. The van der Waals surface area contributed by atoms with Crippen LogP contribution in [0.1, 0.15) is 30.4 Å². The van der Waals surface area contributed by atoms with E-state index in [0.717, 1.165) is 18.4 Å². The van der Waals surface area contributed by atoms with E-state index in [1.807, 2.05) is 20.0 Å². The van der Waals surface area contributed by atoms with Gasteiger partial charge in [-0.1, -0.05) is 6.07 Å². The minimum absolute atomic E-state index is 0.00505. The predicted octanol–water partition coefficient (Wildman–Crippen LogP) is 1.19. The van der Waals surface area contributed by atoms with E-state index in [1.54, 1.807) is 20.0 Å². The molecule has 1 aromatic rings. The van der Waals surface area contributed by atoms with Gasteiger partial charge in [0.05, 0.1) is 12.0 Å². The summed E-state index contributed by atoms with van der Waals surface area (Å²) in [6.45, 7) is 3.98. The maximum Gasteiger partial charge on any atom is 0.241 e. The summed E-state index contributed by atoms with van der Waals surface area (Å²) < 4.78 is 33.5. The molecular weight excluding hydrogens is 354 g/mol. The summed E-state index contributed by atoms with van der Waals surface area (Å²) in [5.74, 6) is 0.560. The topological polar surface area (TPSA) is 87.7 Å². The number of carbonyl (C=O) groups is 1. The molecular formula is C18H29N3O4S. The van der Waals surface area contributed by atoms with Gasteiger partial charge in [-0.15, -0.1) is 0 Å². The first-order valence-electron chi connectivity index (χ1n) is 8.77. The minimum Gasteiger partial charge on any atom is -0.496 e. The number of hydrogen-bond acceptors (Lipinski definition) is 5. The van der Waals surface area contributed by atoms with E-state index < -0.39 is 10.0 Å². The lowest BCUT2D eigenvalue weighted by Crippen LogP contribution is -2.42. The normalized spacial score (nSPS) is 21.0. The number of methoxy groups -OCH3 is 1. The van der Waals surface area contributed by atoms with Crippen molar-refractivity contribution in [1.82, 2.24) is 14.9 Å². The molecule has 0 unspecified atom stereocenters. The van der Waals surface area contributed by atoms with E-state index in [4.69, 9.17) is 4.74 Å². The van der Waals surface area contributed by atoms with Crippen LogP contribution >= 0.6 is 0 Å². The van der Waals surface area contributed by atoms with Gasteiger partial charge in [0.15, 0.2) is 0 Å². The highest BCUT2D eigenvalue weighted by Gasteiger charge is 2.32. The molecule has 0 saturated carbocycles. The highest BCUT2D eigenvalue weighted by atomic mass is 32.2. The van der Waals surface area contributed by atoms with E-state index in [1.165, 1.54) is 7.11 Å². The van der Waals surface area contributed by atoms with Crippen LogP contribution in [-0.4, -0.2) is 59.1 Å². The number of hydrogen-bond donors (Lipinski definition) is 2. The Morgan fingerprint density at radius 2 is 1.88 bits per heavy atom. The molecule has 1 aliphatic rings. The van der Waals surface area contributed by atoms with Crippen LogP contribution in [0.4, 0.5) is 0 Å². The molecule has 0 radical (unpaired) electrons. The summed E-state index contributed by atoms with van der Waals surface area (Å²) >= 11 is 0. The number of nitrogens with one attached hydrogen (secondary N) is 2. The van der Waals surface area contributed by atoms with Crippen molar-refractivity contribution in [1.29, 1.82) is 0 Å². The molecule has 146 valence electrons. The number of nitrogens with zero attached hydrogens (tertiary/aromatic N) is 1. The lowest BCUT2D eigenvalue weighted by molar-refractivity contribution is -0.121. The van der Waals surface area contributed by atoms with Crippen molar-refractivity contribution in [3.8, 4) is 5.75 Å². The number of aryl methyl sites for hydroxylation is 2. The van der Waals surface area contributed by atoms with Crippen molar-refractivity contribution < 1.29 is 17.9 Å². The number of carbonyl (C=O) groups excluding carboxylic acids is 1. The summed E-state index contributed by atoms with van der Waals surface area (Å²) in [6, 6.07) is 3.60. The third kappa shape index (κ3) is 4.55. The Hall–Kier alpha value is -1.64. The van der Waals surface area contributed by atoms with Gasteiger partial charge in [-0.2, -0.15) is 0 Å². The van der Waals surface area contributed by atoms with Crippen LogP contribution in [0.15, 0.2) is 17.0 Å². The molecule has 26 heavy (non-hydrogen) atoms. The Bertz CT molecular complexity index is 764. The van der Waals surface area contributed by atoms with Crippen LogP contribution in [-0.2, 0) is 14.8 Å². The van der Waals surface area contributed by atoms with Gasteiger partial charge in [0.2, 0.25) is 15.9 Å². The first-order chi connectivity index (χ1) is 12.2. The number of likely N-dealkylation sites (N-methyl/N-ethyl adjacent to an activating group) is 1. The van der Waals surface area contributed by atoms with Crippen LogP contribution in [0.3, 0.4) is 0 Å². The molecule has 2 N–H and O–H groups in total. The first kappa shape index (κ1) is 20.7. The maximum atomic E-state index is 12.8. The highest BCUT2D eigenvalue weighted by Crippen LogP contribution is 2.27. The quantitative estimate of drug-likeness (QED) is 0.738. The van der Waals surface area contributed by atoms with Gasteiger partial charge >= 0.3 is 0 Å². The molecule has 1 aliphatic heterocycles. The highest BCUT2D eigenvalue weighted by molar-refractivity contribution is 7.89. The molecule has 7 nitrogen and oxygen atoms in total. The predicted molar refractivity (Wildman–Crippen MR) is 101 cm³/mol. The summed E-state index contributed by atoms with van der Waals surface area (Å²) in [5, 5.41) is 2.64. The third-order valence-electron chi connectivity index (χ3n) is 5.18. The number of sulfonamides is 1. The number of likely N-dealkylation sites (tertiary alicyclic amines) is 1. The van der Waals surface area contributed by atoms with Crippen molar-refractivity contribution in [2.75, 3.05) is 27.7 Å². The van der Waals surface area contributed by atoms with Gasteiger partial charge in [0, 0.05) is 38.2 Å². The van der Waals surface area contributed by atoms with Crippen molar-refractivity contribution in [2.24, 2.45) is 0 Å². The fourth-order valence-corrected chi connectivity index (χ4v) is 4.82. The van der Waals surface area contributed by atoms with E-state index >= 15 is 0 Å². The standard InChI is InChI=1S/C18H29N3O4S/c1-12-8-13(2)17(10-16(12)25-5)26(23,24)20-11-15-7-6-14(21(15)4)9-18(22)19-3/h8,10,14-15,20H,6-7,9,11H2,1-5H3,(H,19,22)/t14-,15+/m1/s1. The third-order valence-corrected chi connectivity index (χ3v) is 6.74. The minimum atomic E-state index is -3.63. The van der Waals surface area contributed by atoms with Crippen LogP contribution < -0.4 is 14.8 Å². The molecule has 1 heterocycles. The lowest BCUT2D eigenvalue weighted by atomic mass is 10.1. The Balaban J connectivity index is 2.06. The molecule has 0 bridgehead atoms. The molecule has 1 aromatic carbocycles. The first-order valence-corrected chi connectivity index (χ1v) is 10.2. The average Bonchev–Trinajstić information content (AvgIpc) is 2.93. The monoisotopic (exact) mass is 383 g/mol. The van der Waals surface area contributed by atoms with E-state index in [9.17, 15) is 13.2 Å². The number of amides is 1. The van der Waals surface area contributed by atoms with E-state index in [0.29, 0.717) is 24.3 Å². The molecule has 0 aliphatic carbocycles. The van der Waals surface area contributed by atoms with Crippen molar-refractivity contribution in [3.63, 3.8) is 0 Å². The van der Waals surface area contributed by atoms with Crippen LogP contribution in [0.2, 0.25) is 0 Å². The summed E-state index contributed by atoms with van der Waals surface area (Å²) in [4.78, 5) is 13.9. The fourth-order valence-electron chi connectivity index (χ4n) is 3.51. The summed E-state index contributed by atoms with van der Waals surface area (Å²) in [6.07, 6.45) is 2.18. The lowest BCUT2D eigenvalue weighted by Gasteiger charge is -2.25. The van der Waals surface area contributed by atoms with Crippen LogP contribution in [0.25, 0.3) is 0 Å². The summed E-state index contributed by atoms with van der Waals surface area (Å²) in [7, 11) is 1.47. The SMILES string of the molecule is CNC(=O)C[C@H]1CC[C@@H](CNS(=O)(=O)c2cc(OC)c(C)cc2C)N1C. The van der Waals surface area contributed by atoms with Crippen LogP contribution in [0, 0.1) is 13.8 Å². The zero-order chi connectivity index (χ0) is 19.5. The molecule has 0 aromatic heterocycles. The van der Waals surface area contributed by atoms with Gasteiger partial charge in [-0.3, -0.25) is 9.69 Å². The second-order valence-electron chi connectivity index (χ2n) is 6.87. The number of rotatable bonds is 7. The van der Waals surface area contributed by atoms with Gasteiger partial charge in [-0.25, -0.2) is 13.1 Å². The van der Waals surface area contributed by atoms with Gasteiger partial charge in [0.25, 0.3) is 0 Å².